The minimum atomic E-state index is -0.696. The third-order valence-electron chi connectivity index (χ3n) is 3.80. The van der Waals surface area contributed by atoms with Gasteiger partial charge in [-0.25, -0.2) is 10.0 Å². The summed E-state index contributed by atoms with van der Waals surface area (Å²) in [6.07, 6.45) is 4.72. The fourth-order valence-corrected chi connectivity index (χ4v) is 2.50. The first-order valence-corrected chi connectivity index (χ1v) is 7.22. The number of aromatic nitrogens is 1. The van der Waals surface area contributed by atoms with Gasteiger partial charge in [0.05, 0.1) is 7.11 Å². The van der Waals surface area contributed by atoms with Crippen LogP contribution < -0.4 is 4.90 Å². The zero-order valence-corrected chi connectivity index (χ0v) is 12.9. The fourth-order valence-electron chi connectivity index (χ4n) is 2.50. The maximum Gasteiger partial charge on any atom is 0.279 e. The lowest BCUT2D eigenvalue weighted by Crippen LogP contribution is -2.32. The lowest BCUT2D eigenvalue weighted by molar-refractivity contribution is -0.179. The average molecular weight is 293 g/mol. The maximum absolute atomic E-state index is 12.1. The van der Waals surface area contributed by atoms with Gasteiger partial charge >= 0.3 is 0 Å². The van der Waals surface area contributed by atoms with E-state index in [4.69, 9.17) is 9.57 Å². The predicted molar refractivity (Wildman–Crippen MR) is 79.8 cm³/mol. The molecule has 1 aromatic heterocycles. The van der Waals surface area contributed by atoms with Gasteiger partial charge in [0.15, 0.2) is 6.10 Å². The molecule has 0 aromatic carbocycles. The average Bonchev–Trinajstić information content (AvgIpc) is 2.56. The van der Waals surface area contributed by atoms with Gasteiger partial charge in [0.2, 0.25) is 0 Å². The molecule has 6 nitrogen and oxygen atoms in total. The molecule has 0 bridgehead atoms. The number of hydroxylamine groups is 2. The summed E-state index contributed by atoms with van der Waals surface area (Å²) in [6.45, 7) is 2.09. The Kier molecular flexibility index (Phi) is 5.52. The maximum atomic E-state index is 12.1. The number of methoxy groups -OCH3 is 1. The van der Waals surface area contributed by atoms with Crippen molar-refractivity contribution in [3.05, 3.63) is 23.9 Å². The first-order valence-electron chi connectivity index (χ1n) is 7.22. The van der Waals surface area contributed by atoms with Crippen molar-refractivity contribution in [3.63, 3.8) is 0 Å². The molecule has 0 N–H and O–H groups in total. The van der Waals surface area contributed by atoms with E-state index in [1.807, 2.05) is 12.1 Å². The normalized spacial score (nSPS) is 16.6. The zero-order chi connectivity index (χ0) is 15.2. The number of ether oxygens (including phenoxy) is 1. The fraction of sp³-hybridized carbons (Fsp3) is 0.600. The number of anilines is 1. The molecule has 1 atom stereocenters. The van der Waals surface area contributed by atoms with Crippen LogP contribution in [0.2, 0.25) is 0 Å². The molecule has 0 radical (unpaired) electrons. The quantitative estimate of drug-likeness (QED) is 0.775. The molecular formula is C15H23N3O3. The predicted octanol–water partition coefficient (Wildman–Crippen LogP) is 1.78. The molecule has 1 unspecified atom stereocenters. The molecular weight excluding hydrogens is 270 g/mol. The summed E-state index contributed by atoms with van der Waals surface area (Å²) in [6, 6.07) is 3.85. The van der Waals surface area contributed by atoms with Crippen molar-refractivity contribution in [2.75, 3.05) is 39.3 Å². The van der Waals surface area contributed by atoms with E-state index >= 15 is 0 Å². The minimum Gasteiger partial charge on any atom is -0.367 e. The van der Waals surface area contributed by atoms with Gasteiger partial charge in [0, 0.05) is 39.0 Å². The first-order chi connectivity index (χ1) is 10.2. The van der Waals surface area contributed by atoms with Crippen LogP contribution in [0.5, 0.6) is 0 Å². The Bertz CT molecular complexity index is 458. The van der Waals surface area contributed by atoms with Crippen LogP contribution in [-0.4, -0.2) is 50.3 Å². The van der Waals surface area contributed by atoms with E-state index in [-0.39, 0.29) is 5.91 Å². The third-order valence-corrected chi connectivity index (χ3v) is 3.80. The highest BCUT2D eigenvalue weighted by molar-refractivity contribution is 5.81. The number of hydrogen-bond donors (Lipinski definition) is 0. The zero-order valence-electron chi connectivity index (χ0n) is 12.9. The van der Waals surface area contributed by atoms with Crippen LogP contribution in [-0.2, 0) is 14.4 Å². The minimum absolute atomic E-state index is 0.257. The molecule has 1 saturated heterocycles. The van der Waals surface area contributed by atoms with Crippen LogP contribution in [0.25, 0.3) is 0 Å². The highest BCUT2D eigenvalue weighted by atomic mass is 16.7. The van der Waals surface area contributed by atoms with Crippen molar-refractivity contribution < 1.29 is 14.4 Å². The number of pyridine rings is 1. The Morgan fingerprint density at radius 1 is 1.29 bits per heavy atom. The molecule has 1 aliphatic rings. The summed E-state index contributed by atoms with van der Waals surface area (Å²) in [4.78, 5) is 23.8. The summed E-state index contributed by atoms with van der Waals surface area (Å²) in [5.41, 5.74) is 0.729. The van der Waals surface area contributed by atoms with Gasteiger partial charge in [0.25, 0.3) is 5.91 Å². The van der Waals surface area contributed by atoms with Gasteiger partial charge in [-0.05, 0) is 25.3 Å². The topological polar surface area (TPSA) is 54.9 Å². The number of rotatable bonds is 5. The largest absolute Gasteiger partial charge is 0.367 e. The van der Waals surface area contributed by atoms with E-state index in [9.17, 15) is 4.79 Å². The van der Waals surface area contributed by atoms with Crippen LogP contribution in [0, 0.1) is 0 Å². The van der Waals surface area contributed by atoms with E-state index in [0.717, 1.165) is 29.5 Å². The highest BCUT2D eigenvalue weighted by Gasteiger charge is 2.24. The molecule has 1 aromatic rings. The standard InChI is InChI=1S/C15H23N3O3/c1-17(21-3)15(19)14(20-2)12-7-8-13(16-11-12)18-9-5-4-6-10-18/h7-8,11,14H,4-6,9-10H2,1-3H3. The second kappa shape index (κ2) is 7.38. The number of carbonyl (C=O) groups is 1. The lowest BCUT2D eigenvalue weighted by Gasteiger charge is -2.28. The lowest BCUT2D eigenvalue weighted by atomic mass is 10.1. The number of carbonyl (C=O) groups excluding carboxylic acids is 1. The monoisotopic (exact) mass is 293 g/mol. The Morgan fingerprint density at radius 3 is 2.52 bits per heavy atom. The number of hydrogen-bond acceptors (Lipinski definition) is 5. The van der Waals surface area contributed by atoms with E-state index in [2.05, 4.69) is 9.88 Å². The van der Waals surface area contributed by atoms with Crippen LogP contribution >= 0.6 is 0 Å². The van der Waals surface area contributed by atoms with Crippen molar-refractivity contribution in [1.82, 2.24) is 10.0 Å². The Balaban J connectivity index is 2.10. The molecule has 6 heteroatoms. The molecule has 116 valence electrons. The van der Waals surface area contributed by atoms with Gasteiger partial charge < -0.3 is 9.64 Å². The van der Waals surface area contributed by atoms with Crippen LogP contribution in [0.3, 0.4) is 0 Å². The van der Waals surface area contributed by atoms with Crippen molar-refractivity contribution >= 4 is 11.7 Å². The SMILES string of the molecule is COC(C(=O)N(C)OC)c1ccc(N2CCCCC2)nc1. The molecule has 0 spiro atoms. The third kappa shape index (κ3) is 3.71. The van der Waals surface area contributed by atoms with Gasteiger partial charge in [-0.15, -0.1) is 0 Å². The summed E-state index contributed by atoms with van der Waals surface area (Å²) in [5.74, 6) is 0.702. The number of amides is 1. The summed E-state index contributed by atoms with van der Waals surface area (Å²) < 4.78 is 5.28. The van der Waals surface area contributed by atoms with Gasteiger partial charge in [-0.3, -0.25) is 9.63 Å². The van der Waals surface area contributed by atoms with Crippen LogP contribution in [0.4, 0.5) is 5.82 Å². The highest BCUT2D eigenvalue weighted by Crippen LogP contribution is 2.22. The van der Waals surface area contributed by atoms with Crippen molar-refractivity contribution in [2.24, 2.45) is 0 Å². The molecule has 1 aliphatic heterocycles. The van der Waals surface area contributed by atoms with E-state index < -0.39 is 6.10 Å². The molecule has 21 heavy (non-hydrogen) atoms. The number of likely N-dealkylation sites (N-methyl/N-ethyl adjacent to an activating group) is 1. The van der Waals surface area contributed by atoms with Crippen molar-refractivity contribution in [3.8, 4) is 0 Å². The molecule has 1 amide bonds. The molecule has 2 rings (SSSR count). The summed E-state index contributed by atoms with van der Waals surface area (Å²) >= 11 is 0. The van der Waals surface area contributed by atoms with Gasteiger partial charge in [-0.2, -0.15) is 0 Å². The first kappa shape index (κ1) is 15.7. The van der Waals surface area contributed by atoms with Crippen LogP contribution in [0.1, 0.15) is 30.9 Å². The Hall–Kier alpha value is -1.66. The van der Waals surface area contributed by atoms with Gasteiger partial charge in [-0.1, -0.05) is 6.07 Å². The molecule has 1 fully saturated rings. The van der Waals surface area contributed by atoms with Crippen molar-refractivity contribution in [2.45, 2.75) is 25.4 Å². The van der Waals surface area contributed by atoms with E-state index in [0.29, 0.717) is 0 Å². The Labute approximate surface area is 125 Å². The Morgan fingerprint density at radius 2 is 2.00 bits per heavy atom. The second-order valence-electron chi connectivity index (χ2n) is 5.13. The van der Waals surface area contributed by atoms with E-state index in [1.165, 1.54) is 33.5 Å². The second-order valence-corrected chi connectivity index (χ2v) is 5.13. The van der Waals surface area contributed by atoms with Crippen LogP contribution in [0.15, 0.2) is 18.3 Å². The van der Waals surface area contributed by atoms with Crippen molar-refractivity contribution in [1.29, 1.82) is 0 Å². The molecule has 0 saturated carbocycles. The number of nitrogens with zero attached hydrogens (tertiary/aromatic N) is 3. The number of piperidine rings is 1. The summed E-state index contributed by atoms with van der Waals surface area (Å²) in [5, 5.41) is 1.16. The summed E-state index contributed by atoms with van der Waals surface area (Å²) in [7, 11) is 4.51. The van der Waals surface area contributed by atoms with E-state index in [1.54, 1.807) is 13.2 Å². The molecule has 2 heterocycles. The molecule has 0 aliphatic carbocycles. The smallest absolute Gasteiger partial charge is 0.279 e. The van der Waals surface area contributed by atoms with Gasteiger partial charge in [0.1, 0.15) is 5.82 Å².